The van der Waals surface area contributed by atoms with Crippen molar-refractivity contribution < 1.29 is 17.9 Å². The molecule has 2 aromatic carbocycles. The number of sulfonamides is 1. The monoisotopic (exact) mass is 424 g/mol. The molecule has 0 saturated carbocycles. The fraction of sp³-hybridized carbons (Fsp3) is 0.350. The molecule has 0 spiro atoms. The molecule has 0 saturated heterocycles. The van der Waals surface area contributed by atoms with Gasteiger partial charge in [-0.1, -0.05) is 30.7 Å². The second-order valence-electron chi connectivity index (χ2n) is 6.24. The predicted molar refractivity (Wildman–Crippen MR) is 111 cm³/mol. The van der Waals surface area contributed by atoms with Crippen molar-refractivity contribution >= 4 is 33.2 Å². The first-order valence-electron chi connectivity index (χ1n) is 9.09. The van der Waals surface area contributed by atoms with E-state index >= 15 is 0 Å². The fourth-order valence-electron chi connectivity index (χ4n) is 2.53. The van der Waals surface area contributed by atoms with Crippen molar-refractivity contribution in [1.29, 1.82) is 0 Å². The Morgan fingerprint density at radius 3 is 2.39 bits per heavy atom. The lowest BCUT2D eigenvalue weighted by Gasteiger charge is -2.26. The molecule has 0 bridgehead atoms. The summed E-state index contributed by atoms with van der Waals surface area (Å²) in [6, 6.07) is 12.5. The molecule has 8 heteroatoms. The summed E-state index contributed by atoms with van der Waals surface area (Å²) in [6.07, 6.45) is 0.741. The second-order valence-corrected chi connectivity index (χ2v) is 8.54. The molecule has 1 atom stereocenters. The first-order valence-corrected chi connectivity index (χ1v) is 10.9. The largest absolute Gasteiger partial charge is 0.492 e. The number of ether oxygens (including phenoxy) is 1. The maximum absolute atomic E-state index is 13.3. The van der Waals surface area contributed by atoms with Crippen molar-refractivity contribution in [2.24, 2.45) is 0 Å². The van der Waals surface area contributed by atoms with Crippen molar-refractivity contribution in [1.82, 2.24) is 5.32 Å². The lowest BCUT2D eigenvalue weighted by atomic mass is 10.2. The van der Waals surface area contributed by atoms with Crippen LogP contribution in [0.1, 0.15) is 27.2 Å². The Hall–Kier alpha value is -2.25. The Bertz CT molecular complexity index is 901. The average molecular weight is 425 g/mol. The van der Waals surface area contributed by atoms with Crippen LogP contribution in [0.4, 0.5) is 5.69 Å². The molecule has 2 aromatic rings. The van der Waals surface area contributed by atoms with E-state index in [9.17, 15) is 13.2 Å². The Morgan fingerprint density at radius 2 is 1.79 bits per heavy atom. The topological polar surface area (TPSA) is 75.7 Å². The number of para-hydroxylation sites is 2. The Morgan fingerprint density at radius 1 is 1.14 bits per heavy atom. The van der Waals surface area contributed by atoms with Crippen LogP contribution in [0, 0.1) is 0 Å². The summed E-state index contributed by atoms with van der Waals surface area (Å²) in [7, 11) is -4.02. The number of carbonyl (C=O) groups excluding carboxylic acids is 1. The van der Waals surface area contributed by atoms with Gasteiger partial charge in [-0.25, -0.2) is 8.42 Å². The molecule has 28 heavy (non-hydrogen) atoms. The van der Waals surface area contributed by atoms with Gasteiger partial charge in [-0.05, 0) is 56.7 Å². The highest BCUT2D eigenvalue weighted by Gasteiger charge is 2.29. The van der Waals surface area contributed by atoms with E-state index in [-0.39, 0.29) is 17.5 Å². The summed E-state index contributed by atoms with van der Waals surface area (Å²) in [5.41, 5.74) is 0.304. The summed E-state index contributed by atoms with van der Waals surface area (Å²) in [4.78, 5) is 12.6. The van der Waals surface area contributed by atoms with Gasteiger partial charge in [-0.15, -0.1) is 0 Å². The number of anilines is 1. The molecule has 0 aliphatic rings. The van der Waals surface area contributed by atoms with E-state index in [4.69, 9.17) is 16.3 Å². The smallest absolute Gasteiger partial charge is 0.264 e. The van der Waals surface area contributed by atoms with Crippen LogP contribution >= 0.6 is 11.6 Å². The van der Waals surface area contributed by atoms with Crippen molar-refractivity contribution in [2.75, 3.05) is 17.5 Å². The quantitative estimate of drug-likeness (QED) is 0.663. The van der Waals surface area contributed by atoms with Crippen LogP contribution in [0.5, 0.6) is 5.75 Å². The van der Waals surface area contributed by atoms with E-state index < -0.39 is 15.9 Å². The van der Waals surface area contributed by atoms with Crippen molar-refractivity contribution in [2.45, 2.75) is 38.1 Å². The average Bonchev–Trinajstić information content (AvgIpc) is 2.67. The summed E-state index contributed by atoms with van der Waals surface area (Å²) < 4.78 is 33.3. The highest BCUT2D eigenvalue weighted by Crippen LogP contribution is 2.32. The highest BCUT2D eigenvalue weighted by atomic mass is 35.5. The van der Waals surface area contributed by atoms with E-state index in [1.807, 2.05) is 20.8 Å². The number of rotatable bonds is 9. The number of carbonyl (C=O) groups is 1. The number of hydrogen-bond acceptors (Lipinski definition) is 4. The Kier molecular flexibility index (Phi) is 7.71. The summed E-state index contributed by atoms with van der Waals surface area (Å²) >= 11 is 5.89. The molecular formula is C20H25ClN2O4S. The van der Waals surface area contributed by atoms with Crippen LogP contribution in [0.15, 0.2) is 53.4 Å². The number of halogens is 1. The van der Waals surface area contributed by atoms with Gasteiger partial charge in [0.2, 0.25) is 5.91 Å². The van der Waals surface area contributed by atoms with Crippen LogP contribution in [0.25, 0.3) is 0 Å². The maximum atomic E-state index is 13.3. The van der Waals surface area contributed by atoms with E-state index in [0.29, 0.717) is 23.1 Å². The van der Waals surface area contributed by atoms with E-state index in [1.54, 1.807) is 24.3 Å². The molecule has 0 radical (unpaired) electrons. The first kappa shape index (κ1) is 22.0. The van der Waals surface area contributed by atoms with Crippen molar-refractivity contribution in [3.8, 4) is 5.75 Å². The van der Waals surface area contributed by atoms with Crippen LogP contribution in [0.3, 0.4) is 0 Å². The molecule has 0 aliphatic carbocycles. The minimum Gasteiger partial charge on any atom is -0.492 e. The Labute approximate surface area is 171 Å². The minimum absolute atomic E-state index is 0.0412. The van der Waals surface area contributed by atoms with Crippen LogP contribution < -0.4 is 14.4 Å². The minimum atomic E-state index is -4.02. The molecule has 0 heterocycles. The van der Waals surface area contributed by atoms with Gasteiger partial charge in [0, 0.05) is 11.1 Å². The number of hydrogen-bond donors (Lipinski definition) is 1. The summed E-state index contributed by atoms with van der Waals surface area (Å²) in [6.45, 7) is 5.62. The van der Waals surface area contributed by atoms with Crippen molar-refractivity contribution in [3.63, 3.8) is 0 Å². The molecule has 6 nitrogen and oxygen atoms in total. The van der Waals surface area contributed by atoms with Gasteiger partial charge in [0.1, 0.15) is 12.3 Å². The second kappa shape index (κ2) is 9.80. The number of benzene rings is 2. The lowest BCUT2D eigenvalue weighted by molar-refractivity contribution is -0.120. The van der Waals surface area contributed by atoms with Gasteiger partial charge >= 0.3 is 0 Å². The molecular weight excluding hydrogens is 400 g/mol. The third kappa shape index (κ3) is 5.39. The van der Waals surface area contributed by atoms with Crippen molar-refractivity contribution in [3.05, 3.63) is 53.6 Å². The van der Waals surface area contributed by atoms with Crippen LogP contribution in [-0.4, -0.2) is 33.5 Å². The maximum Gasteiger partial charge on any atom is 0.264 e. The highest BCUT2D eigenvalue weighted by molar-refractivity contribution is 7.92. The predicted octanol–water partition coefficient (Wildman–Crippen LogP) is 3.85. The molecule has 0 aromatic heterocycles. The van der Waals surface area contributed by atoms with Crippen LogP contribution in [0.2, 0.25) is 5.02 Å². The molecule has 152 valence electrons. The lowest BCUT2D eigenvalue weighted by Crippen LogP contribution is -2.43. The molecule has 1 amide bonds. The van der Waals surface area contributed by atoms with Gasteiger partial charge in [-0.3, -0.25) is 9.10 Å². The first-order chi connectivity index (χ1) is 13.3. The molecule has 2 rings (SSSR count). The summed E-state index contributed by atoms with van der Waals surface area (Å²) in [5.74, 6) is -0.00271. The van der Waals surface area contributed by atoms with Gasteiger partial charge in [-0.2, -0.15) is 0 Å². The zero-order chi connectivity index (χ0) is 20.7. The third-order valence-electron chi connectivity index (χ3n) is 4.14. The SMILES string of the molecule is CCOc1ccccc1N(CC(=O)N[C@H](C)CC)S(=O)(=O)c1ccc(Cl)cc1. The standard InChI is InChI=1S/C20H25ClN2O4S/c1-4-15(3)22-20(24)14-23(18-8-6-7-9-19(18)27-5-2)28(25,26)17-12-10-16(21)11-13-17/h6-13,15H,4-5,14H2,1-3H3,(H,22,24)/t15-/m1/s1. The molecule has 0 aliphatic heterocycles. The fourth-order valence-corrected chi connectivity index (χ4v) is 4.08. The van der Waals surface area contributed by atoms with E-state index in [2.05, 4.69) is 5.32 Å². The zero-order valence-corrected chi connectivity index (χ0v) is 17.8. The number of amides is 1. The number of nitrogens with zero attached hydrogens (tertiary/aromatic N) is 1. The Balaban J connectivity index is 2.50. The van der Waals surface area contributed by atoms with E-state index in [0.717, 1.165) is 10.7 Å². The van der Waals surface area contributed by atoms with Crippen LogP contribution in [-0.2, 0) is 14.8 Å². The molecule has 1 N–H and O–H groups in total. The normalized spacial score (nSPS) is 12.3. The third-order valence-corrected chi connectivity index (χ3v) is 6.17. The number of nitrogens with one attached hydrogen (secondary N) is 1. The van der Waals surface area contributed by atoms with Gasteiger partial charge < -0.3 is 10.1 Å². The zero-order valence-electron chi connectivity index (χ0n) is 16.2. The van der Waals surface area contributed by atoms with E-state index in [1.165, 1.54) is 24.3 Å². The molecule has 0 unspecified atom stereocenters. The van der Waals surface area contributed by atoms with Gasteiger partial charge in [0.15, 0.2) is 0 Å². The van der Waals surface area contributed by atoms with Gasteiger partial charge in [0.05, 0.1) is 17.2 Å². The van der Waals surface area contributed by atoms with Gasteiger partial charge in [0.25, 0.3) is 10.0 Å². The summed E-state index contributed by atoms with van der Waals surface area (Å²) in [5, 5.41) is 3.23. The molecule has 0 fully saturated rings.